The number of benzene rings is 1. The van der Waals surface area contributed by atoms with Crippen LogP contribution in [0.15, 0.2) is 30.3 Å². The van der Waals surface area contributed by atoms with E-state index in [1.807, 2.05) is 0 Å². The van der Waals surface area contributed by atoms with Crippen LogP contribution >= 0.6 is 0 Å². The molecule has 1 aromatic carbocycles. The van der Waals surface area contributed by atoms with E-state index in [0.717, 1.165) is 0 Å². The predicted molar refractivity (Wildman–Crippen MR) is 45.8 cm³/mol. The van der Waals surface area contributed by atoms with Gasteiger partial charge in [-0.15, -0.1) is 0 Å². The molecule has 0 unspecified atom stereocenters. The molecule has 0 spiro atoms. The van der Waals surface area contributed by atoms with Crippen LogP contribution in [0.4, 0.5) is 0 Å². The van der Waals surface area contributed by atoms with Crippen molar-refractivity contribution in [1.82, 2.24) is 0 Å². The monoisotopic (exact) mass is 168 g/mol. The first-order valence-electron chi connectivity index (χ1n) is 4.97. The lowest BCUT2D eigenvalue weighted by Gasteiger charge is -2.04. The standard InChI is InChI=1S/C9H11NO2/c10-8(9(11)12)6-7-4-2-1-3-5-7/h1-5,8H,6,10H2,(H,11,12)/t8-/m0/s1/i1D,2D,3D. The van der Waals surface area contributed by atoms with E-state index in [0.29, 0.717) is 5.56 Å². The van der Waals surface area contributed by atoms with E-state index in [-0.39, 0.29) is 24.5 Å². The molecule has 0 aromatic heterocycles. The van der Waals surface area contributed by atoms with Crippen molar-refractivity contribution in [2.45, 2.75) is 12.5 Å². The molecule has 12 heavy (non-hydrogen) atoms. The molecule has 0 aliphatic rings. The van der Waals surface area contributed by atoms with Gasteiger partial charge in [0.15, 0.2) is 0 Å². The van der Waals surface area contributed by atoms with Gasteiger partial charge in [-0.3, -0.25) is 4.79 Å². The fraction of sp³-hybridized carbons (Fsp3) is 0.222. The molecule has 0 fully saturated rings. The maximum absolute atomic E-state index is 10.5. The SMILES string of the molecule is [2H]c1cc(C[C@H](N)C(=O)O)cc([2H])c1[2H]. The first kappa shape index (κ1) is 5.32. The van der Waals surface area contributed by atoms with Crippen molar-refractivity contribution in [2.24, 2.45) is 5.73 Å². The van der Waals surface area contributed by atoms with Gasteiger partial charge in [0.05, 0.1) is 4.11 Å². The molecule has 0 aliphatic heterocycles. The summed E-state index contributed by atoms with van der Waals surface area (Å²) in [7, 11) is 0. The van der Waals surface area contributed by atoms with E-state index in [2.05, 4.69) is 0 Å². The Hall–Kier alpha value is -1.35. The summed E-state index contributed by atoms with van der Waals surface area (Å²) < 4.78 is 22.0. The summed E-state index contributed by atoms with van der Waals surface area (Å²) in [6.45, 7) is 0. The molecule has 3 nitrogen and oxygen atoms in total. The zero-order valence-electron chi connectivity index (χ0n) is 9.37. The minimum absolute atomic E-state index is 0.0629. The van der Waals surface area contributed by atoms with Crippen LogP contribution in [0.1, 0.15) is 9.68 Å². The topological polar surface area (TPSA) is 63.3 Å². The number of aliphatic carboxylic acids is 1. The summed E-state index contributed by atoms with van der Waals surface area (Å²) in [5.74, 6) is -1.12. The smallest absolute Gasteiger partial charge is 0.320 e. The fourth-order valence-corrected chi connectivity index (χ4v) is 0.800. The third kappa shape index (κ3) is 2.36. The lowest BCUT2D eigenvalue weighted by atomic mass is 10.1. The zero-order chi connectivity index (χ0) is 11.6. The van der Waals surface area contributed by atoms with Crippen LogP contribution in [0.25, 0.3) is 0 Å². The van der Waals surface area contributed by atoms with E-state index in [1.54, 1.807) is 0 Å². The number of carboxylic acids is 1. The van der Waals surface area contributed by atoms with Crippen molar-refractivity contribution in [2.75, 3.05) is 0 Å². The minimum Gasteiger partial charge on any atom is -0.480 e. The molecule has 1 rings (SSSR count). The number of hydrogen-bond donors (Lipinski definition) is 2. The number of carbonyl (C=O) groups is 1. The third-order valence-electron chi connectivity index (χ3n) is 1.43. The van der Waals surface area contributed by atoms with Crippen LogP contribution in [0, 0.1) is 0 Å². The molecule has 0 radical (unpaired) electrons. The summed E-state index contributed by atoms with van der Waals surface area (Å²) >= 11 is 0. The summed E-state index contributed by atoms with van der Waals surface area (Å²) in [4.78, 5) is 10.5. The van der Waals surface area contributed by atoms with Gasteiger partial charge in [-0.25, -0.2) is 0 Å². The lowest BCUT2D eigenvalue weighted by Crippen LogP contribution is -2.32. The van der Waals surface area contributed by atoms with E-state index in [4.69, 9.17) is 15.0 Å². The van der Waals surface area contributed by atoms with Gasteiger partial charge in [-0.05, 0) is 12.0 Å². The summed E-state index contributed by atoms with van der Waals surface area (Å²) in [5, 5.41) is 8.58. The van der Waals surface area contributed by atoms with Crippen LogP contribution < -0.4 is 5.73 Å². The number of nitrogens with two attached hydrogens (primary N) is 1. The number of hydrogen-bond acceptors (Lipinski definition) is 2. The first-order chi connectivity index (χ1) is 6.91. The Bertz CT molecular complexity index is 372. The van der Waals surface area contributed by atoms with Crippen molar-refractivity contribution in [3.05, 3.63) is 35.8 Å². The van der Waals surface area contributed by atoms with Crippen LogP contribution in [-0.4, -0.2) is 17.1 Å². The molecule has 1 aromatic rings. The number of rotatable bonds is 3. The fourth-order valence-electron chi connectivity index (χ4n) is 0.800. The Morgan fingerprint density at radius 1 is 1.58 bits per heavy atom. The average Bonchev–Trinajstić information content (AvgIpc) is 2.13. The normalized spacial score (nSPS) is 15.9. The highest BCUT2D eigenvalue weighted by atomic mass is 16.4. The van der Waals surface area contributed by atoms with Crippen LogP contribution in [0.5, 0.6) is 0 Å². The van der Waals surface area contributed by atoms with Gasteiger partial charge in [0, 0.05) is 0 Å². The average molecular weight is 168 g/mol. The molecule has 0 bridgehead atoms. The molecule has 0 amide bonds. The van der Waals surface area contributed by atoms with Crippen molar-refractivity contribution in [3.8, 4) is 0 Å². The Balaban J connectivity index is 2.92. The van der Waals surface area contributed by atoms with Crippen LogP contribution in [0.2, 0.25) is 0 Å². The molecule has 0 heterocycles. The van der Waals surface area contributed by atoms with E-state index < -0.39 is 12.0 Å². The maximum atomic E-state index is 10.5. The van der Waals surface area contributed by atoms with Gasteiger partial charge in [0.2, 0.25) is 0 Å². The largest absolute Gasteiger partial charge is 0.480 e. The third-order valence-corrected chi connectivity index (χ3v) is 1.43. The van der Waals surface area contributed by atoms with E-state index in [9.17, 15) is 4.79 Å². The summed E-state index contributed by atoms with van der Waals surface area (Å²) in [5.41, 5.74) is 5.81. The molecule has 3 heteroatoms. The molecule has 0 saturated heterocycles. The molecular weight excluding hydrogens is 154 g/mol. The zero-order valence-corrected chi connectivity index (χ0v) is 6.37. The number of carboxylic acid groups (broad SMARTS) is 1. The van der Waals surface area contributed by atoms with Gasteiger partial charge in [-0.2, -0.15) is 0 Å². The van der Waals surface area contributed by atoms with Gasteiger partial charge in [0.1, 0.15) is 6.04 Å². The predicted octanol–water partition coefficient (Wildman–Crippen LogP) is 0.641. The quantitative estimate of drug-likeness (QED) is 0.696. The molecule has 0 aliphatic carbocycles. The summed E-state index contributed by atoms with van der Waals surface area (Å²) in [6, 6.07) is 1.35. The lowest BCUT2D eigenvalue weighted by molar-refractivity contribution is -0.138. The first-order valence-corrected chi connectivity index (χ1v) is 3.47. The van der Waals surface area contributed by atoms with Gasteiger partial charge < -0.3 is 10.8 Å². The molecular formula is C9H11NO2. The molecule has 0 saturated carbocycles. The highest BCUT2D eigenvalue weighted by Gasteiger charge is 2.10. The van der Waals surface area contributed by atoms with Gasteiger partial charge in [0.25, 0.3) is 0 Å². The Morgan fingerprint density at radius 2 is 2.17 bits per heavy atom. The second kappa shape index (κ2) is 3.88. The highest BCUT2D eigenvalue weighted by molar-refractivity contribution is 5.73. The molecule has 3 N–H and O–H groups in total. The second-order valence-corrected chi connectivity index (χ2v) is 2.43. The van der Waals surface area contributed by atoms with Crippen LogP contribution in [-0.2, 0) is 11.2 Å². The van der Waals surface area contributed by atoms with Crippen LogP contribution in [0.3, 0.4) is 0 Å². The maximum Gasteiger partial charge on any atom is 0.320 e. The van der Waals surface area contributed by atoms with Crippen molar-refractivity contribution >= 4 is 5.97 Å². The Labute approximate surface area is 75.0 Å². The summed E-state index contributed by atoms with van der Waals surface area (Å²) in [6.07, 6.45) is 0.0629. The van der Waals surface area contributed by atoms with Gasteiger partial charge >= 0.3 is 5.97 Å². The van der Waals surface area contributed by atoms with Crippen molar-refractivity contribution in [1.29, 1.82) is 0 Å². The highest BCUT2D eigenvalue weighted by Crippen LogP contribution is 2.01. The molecule has 1 atom stereocenters. The Kier molecular flexibility index (Phi) is 1.72. The molecule has 64 valence electrons. The van der Waals surface area contributed by atoms with Gasteiger partial charge in [-0.1, -0.05) is 30.3 Å². The minimum atomic E-state index is -1.12. The van der Waals surface area contributed by atoms with Crippen molar-refractivity contribution in [3.63, 3.8) is 0 Å². The van der Waals surface area contributed by atoms with E-state index >= 15 is 0 Å². The van der Waals surface area contributed by atoms with Crippen molar-refractivity contribution < 1.29 is 14.0 Å². The van der Waals surface area contributed by atoms with E-state index in [1.165, 1.54) is 12.1 Å². The second-order valence-electron chi connectivity index (χ2n) is 2.43. The Morgan fingerprint density at radius 3 is 2.67 bits per heavy atom.